The maximum absolute atomic E-state index is 10.2. The molecule has 1 aromatic carbocycles. The summed E-state index contributed by atoms with van der Waals surface area (Å²) in [6, 6.07) is 8.18. The van der Waals surface area contributed by atoms with Crippen molar-refractivity contribution in [2.45, 2.75) is 32.3 Å². The highest BCUT2D eigenvalue weighted by Crippen LogP contribution is 2.30. The SMILES string of the molecule is Cc1ccc([C@H](O)[C@@H]2C=CCCC2)cc1. The van der Waals surface area contributed by atoms with E-state index in [1.807, 2.05) is 12.1 Å². The summed E-state index contributed by atoms with van der Waals surface area (Å²) in [6.45, 7) is 2.07. The number of hydrogen-bond donors (Lipinski definition) is 1. The van der Waals surface area contributed by atoms with E-state index in [0.717, 1.165) is 18.4 Å². The van der Waals surface area contributed by atoms with Crippen molar-refractivity contribution in [2.75, 3.05) is 0 Å². The largest absolute Gasteiger partial charge is 0.388 e. The molecule has 15 heavy (non-hydrogen) atoms. The number of benzene rings is 1. The zero-order valence-electron chi connectivity index (χ0n) is 9.19. The Bertz CT molecular complexity index is 337. The van der Waals surface area contributed by atoms with Gasteiger partial charge in [0.1, 0.15) is 0 Å². The van der Waals surface area contributed by atoms with Crippen LogP contribution < -0.4 is 0 Å². The zero-order valence-corrected chi connectivity index (χ0v) is 9.19. The van der Waals surface area contributed by atoms with Gasteiger partial charge in [0.15, 0.2) is 0 Å². The van der Waals surface area contributed by atoms with E-state index in [4.69, 9.17) is 0 Å². The number of aliphatic hydroxyl groups is 1. The number of allylic oxidation sites excluding steroid dienone is 1. The third-order valence-electron chi connectivity index (χ3n) is 3.12. The predicted octanol–water partition coefficient (Wildman–Crippen LogP) is 3.38. The second-order valence-electron chi connectivity index (χ2n) is 4.38. The Balaban J connectivity index is 2.12. The first-order valence-corrected chi connectivity index (χ1v) is 5.68. The summed E-state index contributed by atoms with van der Waals surface area (Å²) in [5, 5.41) is 10.2. The third-order valence-corrected chi connectivity index (χ3v) is 3.12. The lowest BCUT2D eigenvalue weighted by molar-refractivity contribution is 0.123. The second-order valence-corrected chi connectivity index (χ2v) is 4.38. The smallest absolute Gasteiger partial charge is 0.0852 e. The van der Waals surface area contributed by atoms with Gasteiger partial charge in [-0.15, -0.1) is 0 Å². The van der Waals surface area contributed by atoms with Crippen LogP contribution in [-0.4, -0.2) is 5.11 Å². The van der Waals surface area contributed by atoms with E-state index in [2.05, 4.69) is 31.2 Å². The van der Waals surface area contributed by atoms with Crippen LogP contribution in [0.3, 0.4) is 0 Å². The lowest BCUT2D eigenvalue weighted by atomic mass is 9.87. The van der Waals surface area contributed by atoms with E-state index in [-0.39, 0.29) is 6.10 Å². The van der Waals surface area contributed by atoms with E-state index >= 15 is 0 Å². The molecule has 0 aromatic heterocycles. The molecule has 0 amide bonds. The van der Waals surface area contributed by atoms with E-state index in [0.29, 0.717) is 5.92 Å². The van der Waals surface area contributed by atoms with E-state index in [1.165, 1.54) is 12.0 Å². The van der Waals surface area contributed by atoms with Crippen LogP contribution >= 0.6 is 0 Å². The fourth-order valence-corrected chi connectivity index (χ4v) is 2.11. The topological polar surface area (TPSA) is 20.2 Å². The molecule has 1 aliphatic carbocycles. The second kappa shape index (κ2) is 4.63. The Hall–Kier alpha value is -1.08. The molecule has 1 N–H and O–H groups in total. The maximum atomic E-state index is 10.2. The van der Waals surface area contributed by atoms with Gasteiger partial charge in [-0.25, -0.2) is 0 Å². The molecule has 1 heteroatoms. The molecule has 1 aromatic rings. The minimum atomic E-state index is -0.331. The van der Waals surface area contributed by atoms with Gasteiger partial charge in [0.2, 0.25) is 0 Å². The number of aryl methyl sites for hydroxylation is 1. The van der Waals surface area contributed by atoms with Crippen molar-refractivity contribution in [3.63, 3.8) is 0 Å². The average molecular weight is 202 g/mol. The maximum Gasteiger partial charge on any atom is 0.0852 e. The van der Waals surface area contributed by atoms with Gasteiger partial charge >= 0.3 is 0 Å². The summed E-state index contributed by atoms with van der Waals surface area (Å²) >= 11 is 0. The number of aliphatic hydroxyl groups excluding tert-OH is 1. The molecule has 2 atom stereocenters. The van der Waals surface area contributed by atoms with Crippen LogP contribution in [0, 0.1) is 12.8 Å². The fourth-order valence-electron chi connectivity index (χ4n) is 2.11. The van der Waals surface area contributed by atoms with Crippen molar-refractivity contribution in [3.8, 4) is 0 Å². The van der Waals surface area contributed by atoms with Crippen molar-refractivity contribution in [1.82, 2.24) is 0 Å². The van der Waals surface area contributed by atoms with Crippen LogP contribution in [0.2, 0.25) is 0 Å². The van der Waals surface area contributed by atoms with Gasteiger partial charge in [0, 0.05) is 5.92 Å². The Morgan fingerprint density at radius 3 is 2.60 bits per heavy atom. The van der Waals surface area contributed by atoms with Crippen LogP contribution in [0.15, 0.2) is 36.4 Å². The highest BCUT2D eigenvalue weighted by atomic mass is 16.3. The first kappa shape index (κ1) is 10.4. The molecular formula is C14H18O. The van der Waals surface area contributed by atoms with Crippen molar-refractivity contribution in [3.05, 3.63) is 47.5 Å². The average Bonchev–Trinajstić information content (AvgIpc) is 2.30. The monoisotopic (exact) mass is 202 g/mol. The summed E-state index contributed by atoms with van der Waals surface area (Å²) < 4.78 is 0. The quantitative estimate of drug-likeness (QED) is 0.729. The highest BCUT2D eigenvalue weighted by Gasteiger charge is 2.19. The standard InChI is InChI=1S/C14H18O/c1-11-7-9-13(10-8-11)14(15)12-5-3-2-4-6-12/h3,5,7-10,12,14-15H,2,4,6H2,1H3/t12-,14-/m1/s1. The van der Waals surface area contributed by atoms with Gasteiger partial charge in [-0.3, -0.25) is 0 Å². The molecule has 1 nitrogen and oxygen atoms in total. The molecule has 2 rings (SSSR count). The van der Waals surface area contributed by atoms with Gasteiger partial charge in [0.05, 0.1) is 6.10 Å². The normalized spacial score (nSPS) is 22.7. The summed E-state index contributed by atoms with van der Waals surface area (Å²) in [5.74, 6) is 0.307. The Kier molecular flexibility index (Phi) is 3.22. The van der Waals surface area contributed by atoms with Gasteiger partial charge < -0.3 is 5.11 Å². The van der Waals surface area contributed by atoms with Gasteiger partial charge in [-0.1, -0.05) is 42.0 Å². The number of rotatable bonds is 2. The van der Waals surface area contributed by atoms with Crippen molar-refractivity contribution in [2.24, 2.45) is 5.92 Å². The van der Waals surface area contributed by atoms with Crippen LogP contribution in [0.25, 0.3) is 0 Å². The molecule has 0 saturated carbocycles. The molecule has 0 bridgehead atoms. The molecule has 0 fully saturated rings. The lowest BCUT2D eigenvalue weighted by Crippen LogP contribution is -2.12. The van der Waals surface area contributed by atoms with Crippen LogP contribution in [0.1, 0.15) is 36.5 Å². The lowest BCUT2D eigenvalue weighted by Gasteiger charge is -2.22. The van der Waals surface area contributed by atoms with Crippen molar-refractivity contribution < 1.29 is 5.11 Å². The minimum Gasteiger partial charge on any atom is -0.388 e. The van der Waals surface area contributed by atoms with Crippen LogP contribution in [-0.2, 0) is 0 Å². The Labute approximate surface area is 91.4 Å². The molecule has 1 aliphatic rings. The van der Waals surface area contributed by atoms with Crippen molar-refractivity contribution >= 4 is 0 Å². The first-order valence-electron chi connectivity index (χ1n) is 5.68. The molecule has 0 aliphatic heterocycles. The predicted molar refractivity (Wildman–Crippen MR) is 62.6 cm³/mol. The summed E-state index contributed by atoms with van der Waals surface area (Å²) in [4.78, 5) is 0. The fraction of sp³-hybridized carbons (Fsp3) is 0.429. The minimum absolute atomic E-state index is 0.307. The Morgan fingerprint density at radius 2 is 2.00 bits per heavy atom. The van der Waals surface area contributed by atoms with Gasteiger partial charge in [-0.2, -0.15) is 0 Å². The third kappa shape index (κ3) is 2.48. The molecule has 0 unspecified atom stereocenters. The number of hydrogen-bond acceptors (Lipinski definition) is 1. The van der Waals surface area contributed by atoms with E-state index < -0.39 is 0 Å². The molecule has 80 valence electrons. The molecule has 0 radical (unpaired) electrons. The molecule has 0 spiro atoms. The summed E-state index contributed by atoms with van der Waals surface area (Å²) in [7, 11) is 0. The van der Waals surface area contributed by atoms with Gasteiger partial charge in [-0.05, 0) is 31.7 Å². The van der Waals surface area contributed by atoms with E-state index in [1.54, 1.807) is 0 Å². The van der Waals surface area contributed by atoms with E-state index in [9.17, 15) is 5.11 Å². The highest BCUT2D eigenvalue weighted by molar-refractivity contribution is 5.24. The van der Waals surface area contributed by atoms with Crippen LogP contribution in [0.4, 0.5) is 0 Å². The summed E-state index contributed by atoms with van der Waals surface area (Å²) in [5.41, 5.74) is 2.28. The first-order chi connectivity index (χ1) is 7.27. The zero-order chi connectivity index (χ0) is 10.7. The Morgan fingerprint density at radius 1 is 1.27 bits per heavy atom. The van der Waals surface area contributed by atoms with Crippen LogP contribution in [0.5, 0.6) is 0 Å². The summed E-state index contributed by atoms with van der Waals surface area (Å²) in [6.07, 6.45) is 7.48. The molecular weight excluding hydrogens is 184 g/mol. The molecule has 0 heterocycles. The molecule has 0 saturated heterocycles. The van der Waals surface area contributed by atoms with Crippen molar-refractivity contribution in [1.29, 1.82) is 0 Å². The van der Waals surface area contributed by atoms with Gasteiger partial charge in [0.25, 0.3) is 0 Å².